The van der Waals surface area contributed by atoms with Crippen LogP contribution in [-0.2, 0) is 25.9 Å². The number of benzene rings is 3. The Hall–Kier alpha value is -2.58. The van der Waals surface area contributed by atoms with Crippen molar-refractivity contribution in [3.63, 3.8) is 0 Å². The molecule has 238 valence electrons. The second-order valence-corrected chi connectivity index (χ2v) is 14.6. The van der Waals surface area contributed by atoms with Crippen molar-refractivity contribution in [1.82, 2.24) is 0 Å². The van der Waals surface area contributed by atoms with Crippen LogP contribution < -0.4 is 14.9 Å². The van der Waals surface area contributed by atoms with E-state index < -0.39 is 38.9 Å². The van der Waals surface area contributed by atoms with E-state index in [4.69, 9.17) is 28.0 Å². The second-order valence-electron chi connectivity index (χ2n) is 11.4. The van der Waals surface area contributed by atoms with Gasteiger partial charge in [-0.25, -0.2) is 0 Å². The molecular formula is C33H36Cl2F3N3O2Ru. The summed E-state index contributed by atoms with van der Waals surface area (Å²) in [5, 5.41) is 0.349. The van der Waals surface area contributed by atoms with E-state index in [9.17, 15) is 18.0 Å². The number of halogens is 5. The number of carbonyl (C=O) groups is 1. The number of anilines is 3. The number of nitrogens with zero attached hydrogens (tertiary/aromatic N) is 3. The molecule has 3 aromatic rings. The Morgan fingerprint density at radius 2 is 1.43 bits per heavy atom. The molecule has 0 unspecified atom stereocenters. The number of amides is 1. The van der Waals surface area contributed by atoms with Gasteiger partial charge in [-0.1, -0.05) is 0 Å². The number of hydrogen-bond donors (Lipinski definition) is 0. The Morgan fingerprint density at radius 1 is 0.932 bits per heavy atom. The fourth-order valence-electron chi connectivity index (χ4n) is 5.62. The molecule has 0 saturated carbocycles. The zero-order valence-corrected chi connectivity index (χ0v) is 29.1. The van der Waals surface area contributed by atoms with Gasteiger partial charge in [0.15, 0.2) is 0 Å². The van der Waals surface area contributed by atoms with E-state index in [2.05, 4.69) is 29.2 Å². The summed E-state index contributed by atoms with van der Waals surface area (Å²) >= 11 is 13.5. The maximum atomic E-state index is 13.6. The summed E-state index contributed by atoms with van der Waals surface area (Å²) in [5.41, 5.74) is 8.62. The Labute approximate surface area is 274 Å². The van der Waals surface area contributed by atoms with Crippen molar-refractivity contribution in [3.05, 3.63) is 87.5 Å². The van der Waals surface area contributed by atoms with Gasteiger partial charge in [-0.15, -0.1) is 0 Å². The summed E-state index contributed by atoms with van der Waals surface area (Å²) in [6, 6.07) is 14.8. The molecule has 5 nitrogen and oxygen atoms in total. The van der Waals surface area contributed by atoms with Gasteiger partial charge in [0.2, 0.25) is 0 Å². The van der Waals surface area contributed by atoms with Crippen molar-refractivity contribution in [2.75, 3.05) is 21.4 Å². The summed E-state index contributed by atoms with van der Waals surface area (Å²) in [6.07, 6.45) is -5.80. The fourth-order valence-corrected chi connectivity index (χ4v) is 8.68. The normalized spacial score (nSPS) is 14.9. The van der Waals surface area contributed by atoms with E-state index in [-0.39, 0.29) is 12.2 Å². The molecule has 0 bridgehead atoms. The molecule has 1 heterocycles. The predicted octanol–water partition coefficient (Wildman–Crippen LogP) is 8.25. The second kappa shape index (κ2) is 13.0. The van der Waals surface area contributed by atoms with Crippen LogP contribution in [-0.4, -0.2) is 38.2 Å². The van der Waals surface area contributed by atoms with Crippen molar-refractivity contribution in [1.29, 1.82) is 0 Å². The van der Waals surface area contributed by atoms with Crippen molar-refractivity contribution in [2.45, 2.75) is 72.1 Å². The predicted molar refractivity (Wildman–Crippen MR) is 172 cm³/mol. The molecule has 1 aliphatic heterocycles. The van der Waals surface area contributed by atoms with Crippen LogP contribution in [0.2, 0.25) is 0 Å². The van der Waals surface area contributed by atoms with Crippen LogP contribution in [0.25, 0.3) is 0 Å². The van der Waals surface area contributed by atoms with Gasteiger partial charge in [-0.2, -0.15) is 0 Å². The van der Waals surface area contributed by atoms with Gasteiger partial charge < -0.3 is 0 Å². The van der Waals surface area contributed by atoms with Gasteiger partial charge >= 0.3 is 275 Å². The Morgan fingerprint density at radius 3 is 1.93 bits per heavy atom. The molecule has 1 amide bonds. The summed E-state index contributed by atoms with van der Waals surface area (Å²) in [5.74, 6) is -2.10. The van der Waals surface area contributed by atoms with Crippen molar-refractivity contribution < 1.29 is 39.0 Å². The van der Waals surface area contributed by atoms with Crippen LogP contribution >= 0.6 is 23.2 Å². The topological polar surface area (TPSA) is 36.0 Å². The molecular weight excluding hydrogens is 699 g/mol. The number of rotatable bonds is 6. The van der Waals surface area contributed by atoms with E-state index in [1.807, 2.05) is 51.1 Å². The van der Waals surface area contributed by atoms with Crippen LogP contribution in [0.5, 0.6) is 0 Å². The Balaban J connectivity index is 2.02. The van der Waals surface area contributed by atoms with Crippen LogP contribution in [0.15, 0.2) is 48.5 Å². The average Bonchev–Trinajstić information content (AvgIpc) is 3.13. The van der Waals surface area contributed by atoms with E-state index >= 15 is 0 Å². The van der Waals surface area contributed by atoms with Crippen LogP contribution in [0.1, 0.15) is 52.8 Å². The molecule has 0 atom stereocenters. The summed E-state index contributed by atoms with van der Waals surface area (Å²) in [4.78, 5) is 22.0. The van der Waals surface area contributed by atoms with E-state index in [0.29, 0.717) is 10.6 Å². The first-order valence-corrected chi connectivity index (χ1v) is 16.6. The van der Waals surface area contributed by atoms with Crippen LogP contribution in [0.4, 0.5) is 30.2 Å². The number of alkyl halides is 5. The molecule has 0 aliphatic carbocycles. The molecule has 1 aliphatic rings. The number of para-hydroxylation sites is 1. The maximum absolute atomic E-state index is 13.6. The van der Waals surface area contributed by atoms with Crippen LogP contribution in [0, 0.1) is 41.5 Å². The molecule has 0 N–H and O–H groups in total. The van der Waals surface area contributed by atoms with Crippen molar-refractivity contribution in [2.24, 2.45) is 0 Å². The van der Waals surface area contributed by atoms with Crippen molar-refractivity contribution in [3.8, 4) is 0 Å². The first kappa shape index (κ1) is 34.3. The summed E-state index contributed by atoms with van der Waals surface area (Å²) in [7, 11) is 0. The zero-order valence-electron chi connectivity index (χ0n) is 25.9. The molecule has 1 saturated heterocycles. The first-order valence-electron chi connectivity index (χ1n) is 14.0. The number of carbonyl (C=O) groups excluding carboxylic acids is 1. The van der Waals surface area contributed by atoms with Crippen molar-refractivity contribution >= 4 is 55.1 Å². The summed E-state index contributed by atoms with van der Waals surface area (Å²) in [6.45, 7) is 15.6. The monoisotopic (exact) mass is 735 g/mol. The third kappa shape index (κ3) is 7.12. The van der Waals surface area contributed by atoms with E-state index in [0.717, 1.165) is 49.1 Å². The zero-order chi connectivity index (χ0) is 32.7. The van der Waals surface area contributed by atoms with Crippen LogP contribution in [0.3, 0.4) is 0 Å². The molecule has 44 heavy (non-hydrogen) atoms. The molecule has 4 rings (SSSR count). The Kier molecular flexibility index (Phi) is 10.2. The first-order chi connectivity index (χ1) is 20.4. The summed E-state index contributed by atoms with van der Waals surface area (Å²) < 4.78 is 42.3. The standard InChI is InChI=1S/C21H24Cl2N2.C12H12F3NO2.Ru/c1-13-7-15(3)19(16(4)8-13)24-11-21(22,23)25(12-24)20-17(5)9-14(2)10-18(20)6;1-8(2)18-16(11(17)12(13,14)15)10-7-5-4-6-9(10)3;/h7-10H,11H2,1-6H3;3-8H,1-2H3;. The van der Waals surface area contributed by atoms with Gasteiger partial charge in [-0.3, -0.25) is 0 Å². The average molecular weight is 736 g/mol. The Bertz CT molecular complexity index is 1620. The van der Waals surface area contributed by atoms with Gasteiger partial charge in [0.25, 0.3) is 0 Å². The third-order valence-corrected chi connectivity index (χ3v) is 9.66. The molecule has 3 aromatic carbocycles. The van der Waals surface area contributed by atoms with Gasteiger partial charge in [0.05, 0.1) is 0 Å². The number of hydrogen-bond acceptors (Lipinski definition) is 4. The van der Waals surface area contributed by atoms with E-state index in [1.54, 1.807) is 32.0 Å². The quantitative estimate of drug-likeness (QED) is 0.111. The molecule has 0 aromatic heterocycles. The molecule has 11 heteroatoms. The number of hydroxylamine groups is 1. The fraction of sp³-hybridized carbons (Fsp3) is 0.364. The van der Waals surface area contributed by atoms with Gasteiger partial charge in [0.1, 0.15) is 0 Å². The number of aryl methyl sites for hydroxylation is 6. The van der Waals surface area contributed by atoms with E-state index in [1.165, 1.54) is 6.07 Å². The van der Waals surface area contributed by atoms with Gasteiger partial charge in [-0.05, 0) is 0 Å². The minimum absolute atomic E-state index is 0.00271. The molecule has 1 fully saturated rings. The minimum atomic E-state index is -5.12. The SMILES string of the molecule is Cc1cc(C)c(N2CC(Cl)(Cl)N(c3c(C)cc(C)cc3C)[C]2=[Ru]=[CH]c2ccccc2N(OC(C)C)C(=O)C(F)(F)F)c(C)c1. The third-order valence-electron chi connectivity index (χ3n) is 6.99. The van der Waals surface area contributed by atoms with Gasteiger partial charge in [0, 0.05) is 0 Å². The molecule has 0 spiro atoms. The molecule has 0 radical (unpaired) electrons.